The fraction of sp³-hybridized carbons (Fsp3) is 0.941. The molecule has 1 aliphatic heterocycles. The molecule has 0 bridgehead atoms. The molecule has 2 fully saturated rings. The molecule has 0 N–H and O–H groups in total. The number of rotatable bonds is 5. The molecule has 0 aromatic heterocycles. The van der Waals surface area contributed by atoms with E-state index < -0.39 is 0 Å². The van der Waals surface area contributed by atoms with Gasteiger partial charge in [0.15, 0.2) is 0 Å². The zero-order valence-electron chi connectivity index (χ0n) is 13.3. The lowest BCUT2D eigenvalue weighted by atomic mass is 9.81. The van der Waals surface area contributed by atoms with Gasteiger partial charge in [0.25, 0.3) is 0 Å². The van der Waals surface area contributed by atoms with Gasteiger partial charge in [0.05, 0.1) is 6.54 Å². The fourth-order valence-electron chi connectivity index (χ4n) is 3.71. The highest BCUT2D eigenvalue weighted by atomic mass is 16.5. The van der Waals surface area contributed by atoms with Crippen molar-refractivity contribution in [3.05, 3.63) is 0 Å². The predicted octanol–water partition coefficient (Wildman–Crippen LogP) is 3.62. The van der Waals surface area contributed by atoms with E-state index in [0.717, 1.165) is 19.5 Å². The van der Waals surface area contributed by atoms with Gasteiger partial charge in [0.2, 0.25) is 0 Å². The van der Waals surface area contributed by atoms with Gasteiger partial charge >= 0.3 is 5.97 Å². The van der Waals surface area contributed by atoms with E-state index in [1.807, 2.05) is 0 Å². The van der Waals surface area contributed by atoms with Crippen molar-refractivity contribution in [1.29, 1.82) is 0 Å². The average molecular weight is 281 g/mol. The number of nitrogens with zero attached hydrogens (tertiary/aromatic N) is 1. The van der Waals surface area contributed by atoms with Crippen LogP contribution >= 0.6 is 0 Å². The maximum absolute atomic E-state index is 12.1. The Bertz CT molecular complexity index is 297. The van der Waals surface area contributed by atoms with Gasteiger partial charge in [-0.1, -0.05) is 26.7 Å². The number of carbonyl (C=O) groups excluding carboxylic acids is 1. The van der Waals surface area contributed by atoms with Gasteiger partial charge in [0, 0.05) is 0 Å². The predicted molar refractivity (Wildman–Crippen MR) is 81.6 cm³/mol. The van der Waals surface area contributed by atoms with Gasteiger partial charge in [0.1, 0.15) is 6.10 Å². The minimum atomic E-state index is 0.00700. The van der Waals surface area contributed by atoms with Crippen molar-refractivity contribution in [2.75, 3.05) is 19.6 Å². The van der Waals surface area contributed by atoms with Crippen LogP contribution in [0.2, 0.25) is 0 Å². The zero-order chi connectivity index (χ0) is 14.4. The summed E-state index contributed by atoms with van der Waals surface area (Å²) < 4.78 is 5.83. The minimum Gasteiger partial charge on any atom is -0.461 e. The van der Waals surface area contributed by atoms with E-state index in [1.165, 1.54) is 44.9 Å². The summed E-state index contributed by atoms with van der Waals surface area (Å²) >= 11 is 0. The number of hydrogen-bond donors (Lipinski definition) is 0. The van der Waals surface area contributed by atoms with Gasteiger partial charge in [-0.15, -0.1) is 0 Å². The lowest BCUT2D eigenvalue weighted by Crippen LogP contribution is -2.38. The SMILES string of the molecule is CC(C)C[C@@H]1CCCC[C@@H]1OC(=O)CN1CCCCC1. The molecule has 0 aromatic rings. The first-order valence-electron chi connectivity index (χ1n) is 8.57. The van der Waals surface area contributed by atoms with Crippen molar-refractivity contribution in [1.82, 2.24) is 4.90 Å². The first kappa shape index (κ1) is 15.8. The third-order valence-electron chi connectivity index (χ3n) is 4.70. The van der Waals surface area contributed by atoms with E-state index in [4.69, 9.17) is 4.74 Å². The van der Waals surface area contributed by atoms with E-state index in [0.29, 0.717) is 18.4 Å². The largest absolute Gasteiger partial charge is 0.461 e. The Morgan fingerprint density at radius 1 is 1.10 bits per heavy atom. The van der Waals surface area contributed by atoms with E-state index in [-0.39, 0.29) is 12.1 Å². The lowest BCUT2D eigenvalue weighted by molar-refractivity contribution is -0.155. The number of carbonyl (C=O) groups is 1. The molecule has 2 rings (SSSR count). The van der Waals surface area contributed by atoms with Crippen LogP contribution in [0.1, 0.15) is 65.2 Å². The zero-order valence-corrected chi connectivity index (χ0v) is 13.3. The van der Waals surface area contributed by atoms with E-state index in [9.17, 15) is 4.79 Å². The van der Waals surface area contributed by atoms with Gasteiger partial charge in [-0.05, 0) is 63.5 Å². The van der Waals surface area contributed by atoms with Crippen molar-refractivity contribution < 1.29 is 9.53 Å². The molecule has 0 spiro atoms. The number of esters is 1. The second-order valence-corrected chi connectivity index (χ2v) is 7.04. The number of ether oxygens (including phenoxy) is 1. The van der Waals surface area contributed by atoms with Crippen LogP contribution < -0.4 is 0 Å². The molecule has 3 heteroatoms. The molecule has 116 valence electrons. The molecule has 0 amide bonds. The molecule has 1 saturated heterocycles. The highest BCUT2D eigenvalue weighted by Gasteiger charge is 2.29. The molecule has 0 aromatic carbocycles. The molecule has 3 nitrogen and oxygen atoms in total. The Hall–Kier alpha value is -0.570. The summed E-state index contributed by atoms with van der Waals surface area (Å²) in [5, 5.41) is 0. The van der Waals surface area contributed by atoms with Crippen molar-refractivity contribution >= 4 is 5.97 Å². The molecule has 1 heterocycles. The summed E-state index contributed by atoms with van der Waals surface area (Å²) in [6.45, 7) is 7.16. The molecular weight excluding hydrogens is 250 g/mol. The molecular formula is C17H31NO2. The molecule has 2 atom stereocenters. The highest BCUT2D eigenvalue weighted by Crippen LogP contribution is 2.31. The average Bonchev–Trinajstić information content (AvgIpc) is 2.41. The van der Waals surface area contributed by atoms with E-state index >= 15 is 0 Å². The summed E-state index contributed by atoms with van der Waals surface area (Å²) in [7, 11) is 0. The fourth-order valence-corrected chi connectivity index (χ4v) is 3.71. The Labute approximate surface area is 124 Å². The minimum absolute atomic E-state index is 0.00700. The Kier molecular flexibility index (Phi) is 6.34. The third-order valence-corrected chi connectivity index (χ3v) is 4.70. The second kappa shape index (κ2) is 8.02. The molecule has 0 radical (unpaired) electrons. The van der Waals surface area contributed by atoms with Crippen molar-refractivity contribution in [3.63, 3.8) is 0 Å². The van der Waals surface area contributed by atoms with Crippen LogP contribution in [-0.4, -0.2) is 36.6 Å². The summed E-state index contributed by atoms with van der Waals surface area (Å²) in [6.07, 6.45) is 9.98. The van der Waals surface area contributed by atoms with Crippen LogP contribution in [0.3, 0.4) is 0 Å². The highest BCUT2D eigenvalue weighted by molar-refractivity contribution is 5.71. The van der Waals surface area contributed by atoms with Gasteiger partial charge in [-0.2, -0.15) is 0 Å². The number of likely N-dealkylation sites (tertiary alicyclic amines) is 1. The number of hydrogen-bond acceptors (Lipinski definition) is 3. The summed E-state index contributed by atoms with van der Waals surface area (Å²) in [6, 6.07) is 0. The first-order valence-corrected chi connectivity index (χ1v) is 8.57. The van der Waals surface area contributed by atoms with Crippen LogP contribution in [-0.2, 0) is 9.53 Å². The number of piperidine rings is 1. The maximum atomic E-state index is 12.1. The molecule has 1 saturated carbocycles. The van der Waals surface area contributed by atoms with E-state index in [1.54, 1.807) is 0 Å². The summed E-state index contributed by atoms with van der Waals surface area (Å²) in [5.74, 6) is 1.29. The standard InChI is InChI=1S/C17H31NO2/c1-14(2)12-15-8-4-5-9-16(15)20-17(19)13-18-10-6-3-7-11-18/h14-16H,3-13H2,1-2H3/t15-,16-/m0/s1. The van der Waals surface area contributed by atoms with Crippen LogP contribution in [0.4, 0.5) is 0 Å². The van der Waals surface area contributed by atoms with Gasteiger partial charge in [-0.25, -0.2) is 0 Å². The normalized spacial score (nSPS) is 28.6. The van der Waals surface area contributed by atoms with Gasteiger partial charge in [-0.3, -0.25) is 9.69 Å². The lowest BCUT2D eigenvalue weighted by Gasteiger charge is -2.33. The van der Waals surface area contributed by atoms with Crippen molar-refractivity contribution in [2.24, 2.45) is 11.8 Å². The summed E-state index contributed by atoms with van der Waals surface area (Å²) in [4.78, 5) is 14.4. The molecule has 1 aliphatic carbocycles. The molecule has 20 heavy (non-hydrogen) atoms. The van der Waals surface area contributed by atoms with Crippen LogP contribution in [0.25, 0.3) is 0 Å². The third kappa shape index (κ3) is 5.08. The van der Waals surface area contributed by atoms with Crippen molar-refractivity contribution in [2.45, 2.75) is 71.3 Å². The van der Waals surface area contributed by atoms with E-state index in [2.05, 4.69) is 18.7 Å². The maximum Gasteiger partial charge on any atom is 0.320 e. The summed E-state index contributed by atoms with van der Waals surface area (Å²) in [5.41, 5.74) is 0. The second-order valence-electron chi connectivity index (χ2n) is 7.04. The van der Waals surface area contributed by atoms with Crippen molar-refractivity contribution in [3.8, 4) is 0 Å². The first-order chi connectivity index (χ1) is 9.65. The Morgan fingerprint density at radius 2 is 1.80 bits per heavy atom. The smallest absolute Gasteiger partial charge is 0.320 e. The van der Waals surface area contributed by atoms with Crippen LogP contribution in [0.5, 0.6) is 0 Å². The topological polar surface area (TPSA) is 29.5 Å². The Morgan fingerprint density at radius 3 is 2.50 bits per heavy atom. The quantitative estimate of drug-likeness (QED) is 0.721. The molecule has 0 unspecified atom stereocenters. The Balaban J connectivity index is 1.78. The monoisotopic (exact) mass is 281 g/mol. The molecule has 2 aliphatic rings. The van der Waals surface area contributed by atoms with Gasteiger partial charge < -0.3 is 4.74 Å². The van der Waals surface area contributed by atoms with Crippen LogP contribution in [0, 0.1) is 11.8 Å². The van der Waals surface area contributed by atoms with Crippen LogP contribution in [0.15, 0.2) is 0 Å².